The van der Waals surface area contributed by atoms with Crippen molar-refractivity contribution in [2.24, 2.45) is 10.9 Å². The first kappa shape index (κ1) is 14.3. The molecule has 2 rings (SSSR count). The van der Waals surface area contributed by atoms with Gasteiger partial charge in [0.15, 0.2) is 17.4 Å². The fourth-order valence-electron chi connectivity index (χ4n) is 1.58. The van der Waals surface area contributed by atoms with Crippen LogP contribution in [0.25, 0.3) is 0 Å². The SMILES string of the molecule is N/C(=N/O)c1ccc(COc2cc(Br)ccc2F)cc1. The van der Waals surface area contributed by atoms with E-state index in [1.807, 2.05) is 0 Å². The molecule has 0 amide bonds. The van der Waals surface area contributed by atoms with Gasteiger partial charge in [-0.3, -0.25) is 0 Å². The highest BCUT2D eigenvalue weighted by Gasteiger charge is 2.05. The Bertz CT molecular complexity index is 630. The third-order valence-electron chi connectivity index (χ3n) is 2.65. The van der Waals surface area contributed by atoms with E-state index in [9.17, 15) is 4.39 Å². The van der Waals surface area contributed by atoms with Crippen molar-refractivity contribution in [2.75, 3.05) is 0 Å². The molecule has 0 aromatic heterocycles. The van der Waals surface area contributed by atoms with Crippen LogP contribution < -0.4 is 10.5 Å². The molecule has 0 saturated heterocycles. The average Bonchev–Trinajstić information content (AvgIpc) is 2.48. The molecular weight excluding hydrogens is 327 g/mol. The van der Waals surface area contributed by atoms with Gasteiger partial charge in [0.05, 0.1) is 0 Å². The van der Waals surface area contributed by atoms with Crippen LogP contribution in [0.5, 0.6) is 5.75 Å². The Morgan fingerprint density at radius 3 is 2.60 bits per heavy atom. The van der Waals surface area contributed by atoms with Crippen molar-refractivity contribution in [3.63, 3.8) is 0 Å². The van der Waals surface area contributed by atoms with E-state index in [0.717, 1.165) is 10.0 Å². The summed E-state index contributed by atoms with van der Waals surface area (Å²) in [6.07, 6.45) is 0. The van der Waals surface area contributed by atoms with Gasteiger partial charge in [-0.15, -0.1) is 0 Å². The molecule has 0 bridgehead atoms. The number of nitrogens with two attached hydrogens (primary N) is 1. The zero-order valence-electron chi connectivity index (χ0n) is 10.4. The van der Waals surface area contributed by atoms with E-state index in [0.29, 0.717) is 5.56 Å². The Morgan fingerprint density at radius 1 is 1.25 bits per heavy atom. The van der Waals surface area contributed by atoms with Crippen LogP contribution in [-0.4, -0.2) is 11.0 Å². The van der Waals surface area contributed by atoms with Crippen LogP contribution in [0, 0.1) is 5.82 Å². The number of benzene rings is 2. The van der Waals surface area contributed by atoms with E-state index in [2.05, 4.69) is 21.1 Å². The molecule has 0 saturated carbocycles. The summed E-state index contributed by atoms with van der Waals surface area (Å²) >= 11 is 3.26. The Labute approximate surface area is 123 Å². The highest BCUT2D eigenvalue weighted by atomic mass is 79.9. The van der Waals surface area contributed by atoms with Gasteiger partial charge in [-0.25, -0.2) is 4.39 Å². The van der Waals surface area contributed by atoms with Gasteiger partial charge >= 0.3 is 0 Å². The molecule has 4 nitrogen and oxygen atoms in total. The average molecular weight is 339 g/mol. The number of oxime groups is 1. The van der Waals surface area contributed by atoms with Crippen molar-refractivity contribution < 1.29 is 14.3 Å². The summed E-state index contributed by atoms with van der Waals surface area (Å²) in [6.45, 7) is 0.226. The smallest absolute Gasteiger partial charge is 0.170 e. The minimum absolute atomic E-state index is 0.0375. The summed E-state index contributed by atoms with van der Waals surface area (Å²) in [5.74, 6) is -0.197. The minimum Gasteiger partial charge on any atom is -0.486 e. The molecule has 2 aromatic rings. The van der Waals surface area contributed by atoms with Crippen LogP contribution in [0.1, 0.15) is 11.1 Å². The lowest BCUT2D eigenvalue weighted by molar-refractivity contribution is 0.290. The monoisotopic (exact) mass is 338 g/mol. The Morgan fingerprint density at radius 2 is 1.95 bits per heavy atom. The van der Waals surface area contributed by atoms with Crippen molar-refractivity contribution in [3.05, 3.63) is 63.9 Å². The Kier molecular flexibility index (Phi) is 4.57. The number of amidine groups is 1. The maximum atomic E-state index is 13.5. The van der Waals surface area contributed by atoms with Gasteiger partial charge in [-0.2, -0.15) is 0 Å². The van der Waals surface area contributed by atoms with Crippen molar-refractivity contribution in [3.8, 4) is 5.75 Å². The number of halogens is 2. The van der Waals surface area contributed by atoms with E-state index < -0.39 is 5.82 Å². The zero-order chi connectivity index (χ0) is 14.5. The number of rotatable bonds is 4. The molecule has 0 fully saturated rings. The fraction of sp³-hybridized carbons (Fsp3) is 0.0714. The molecule has 0 aliphatic heterocycles. The number of ether oxygens (including phenoxy) is 1. The van der Waals surface area contributed by atoms with E-state index >= 15 is 0 Å². The Hall–Kier alpha value is -2.08. The maximum Gasteiger partial charge on any atom is 0.170 e. The first-order valence-corrected chi connectivity index (χ1v) is 6.54. The van der Waals surface area contributed by atoms with E-state index in [1.54, 1.807) is 36.4 Å². The highest BCUT2D eigenvalue weighted by Crippen LogP contribution is 2.23. The van der Waals surface area contributed by atoms with Crippen molar-refractivity contribution in [1.82, 2.24) is 0 Å². The van der Waals surface area contributed by atoms with Gasteiger partial charge in [0, 0.05) is 10.0 Å². The van der Waals surface area contributed by atoms with Crippen LogP contribution in [0.2, 0.25) is 0 Å². The van der Waals surface area contributed by atoms with Crippen LogP contribution in [0.15, 0.2) is 52.1 Å². The first-order chi connectivity index (χ1) is 9.60. The fourth-order valence-corrected chi connectivity index (χ4v) is 1.92. The van der Waals surface area contributed by atoms with Gasteiger partial charge in [0.2, 0.25) is 0 Å². The molecule has 6 heteroatoms. The van der Waals surface area contributed by atoms with E-state index in [-0.39, 0.29) is 18.2 Å². The van der Waals surface area contributed by atoms with Crippen LogP contribution in [0.3, 0.4) is 0 Å². The molecule has 0 atom stereocenters. The van der Waals surface area contributed by atoms with Gasteiger partial charge in [-0.1, -0.05) is 45.4 Å². The summed E-state index contributed by atoms with van der Waals surface area (Å²) in [7, 11) is 0. The van der Waals surface area contributed by atoms with Crippen molar-refractivity contribution in [1.29, 1.82) is 0 Å². The van der Waals surface area contributed by atoms with E-state index in [1.165, 1.54) is 6.07 Å². The van der Waals surface area contributed by atoms with Crippen molar-refractivity contribution in [2.45, 2.75) is 6.61 Å². The molecule has 2 aromatic carbocycles. The normalized spacial score (nSPS) is 11.4. The lowest BCUT2D eigenvalue weighted by Crippen LogP contribution is -2.12. The lowest BCUT2D eigenvalue weighted by Gasteiger charge is -2.08. The van der Waals surface area contributed by atoms with Gasteiger partial charge in [-0.05, 0) is 23.8 Å². The van der Waals surface area contributed by atoms with Crippen LogP contribution in [0.4, 0.5) is 4.39 Å². The second-order valence-electron chi connectivity index (χ2n) is 4.05. The third kappa shape index (κ3) is 3.48. The third-order valence-corrected chi connectivity index (χ3v) is 3.14. The number of hydrogen-bond acceptors (Lipinski definition) is 3. The van der Waals surface area contributed by atoms with E-state index in [4.69, 9.17) is 15.7 Å². The molecule has 0 unspecified atom stereocenters. The summed E-state index contributed by atoms with van der Waals surface area (Å²) in [5, 5.41) is 11.5. The zero-order valence-corrected chi connectivity index (χ0v) is 12.0. The van der Waals surface area contributed by atoms with Gasteiger partial charge in [0.1, 0.15) is 6.61 Å². The molecule has 0 radical (unpaired) electrons. The van der Waals surface area contributed by atoms with Crippen LogP contribution in [-0.2, 0) is 6.61 Å². The predicted octanol–water partition coefficient (Wildman–Crippen LogP) is 3.26. The highest BCUT2D eigenvalue weighted by molar-refractivity contribution is 9.10. The van der Waals surface area contributed by atoms with Gasteiger partial charge < -0.3 is 15.7 Å². The molecule has 3 N–H and O–H groups in total. The quantitative estimate of drug-likeness (QED) is 0.389. The second kappa shape index (κ2) is 6.38. The topological polar surface area (TPSA) is 67.8 Å². The second-order valence-corrected chi connectivity index (χ2v) is 4.96. The molecule has 20 heavy (non-hydrogen) atoms. The first-order valence-electron chi connectivity index (χ1n) is 5.75. The number of nitrogens with zero attached hydrogens (tertiary/aromatic N) is 1. The Balaban J connectivity index is 2.06. The van der Waals surface area contributed by atoms with Crippen molar-refractivity contribution >= 4 is 21.8 Å². The number of hydrogen-bond donors (Lipinski definition) is 2. The minimum atomic E-state index is -0.415. The predicted molar refractivity (Wildman–Crippen MR) is 77.4 cm³/mol. The summed E-state index contributed by atoms with van der Waals surface area (Å²) in [4.78, 5) is 0. The largest absolute Gasteiger partial charge is 0.486 e. The van der Waals surface area contributed by atoms with Crippen LogP contribution >= 0.6 is 15.9 Å². The molecule has 104 valence electrons. The molecule has 0 aliphatic carbocycles. The van der Waals surface area contributed by atoms with Gasteiger partial charge in [0.25, 0.3) is 0 Å². The maximum absolute atomic E-state index is 13.5. The summed E-state index contributed by atoms with van der Waals surface area (Å²) in [5.41, 5.74) is 6.91. The summed E-state index contributed by atoms with van der Waals surface area (Å²) in [6, 6.07) is 11.4. The lowest BCUT2D eigenvalue weighted by atomic mass is 10.1. The molecular formula is C14H12BrFN2O2. The molecule has 0 aliphatic rings. The molecule has 0 heterocycles. The summed E-state index contributed by atoms with van der Waals surface area (Å²) < 4.78 is 19.6. The standard InChI is InChI=1S/C14H12BrFN2O2/c15-11-5-6-12(16)13(7-11)20-8-9-1-3-10(4-2-9)14(17)18-19/h1-7,19H,8H2,(H2,17,18). The molecule has 0 spiro atoms.